The van der Waals surface area contributed by atoms with Gasteiger partial charge >= 0.3 is 6.09 Å². The molecular formula is C15H20N4O3. The van der Waals surface area contributed by atoms with E-state index in [1.165, 1.54) is 0 Å². The van der Waals surface area contributed by atoms with Crippen LogP contribution in [0.3, 0.4) is 0 Å². The number of carbonyl (C=O) groups excluding carboxylic acids is 1. The summed E-state index contributed by atoms with van der Waals surface area (Å²) in [5, 5.41) is 6.41. The van der Waals surface area contributed by atoms with E-state index in [4.69, 9.17) is 9.15 Å². The van der Waals surface area contributed by atoms with Crippen LogP contribution >= 0.6 is 0 Å². The third-order valence-corrected chi connectivity index (χ3v) is 3.53. The van der Waals surface area contributed by atoms with Crippen LogP contribution in [0.1, 0.15) is 5.89 Å². The molecule has 0 aliphatic carbocycles. The van der Waals surface area contributed by atoms with Gasteiger partial charge in [0.05, 0.1) is 0 Å². The Labute approximate surface area is 128 Å². The minimum absolute atomic E-state index is 0.246. The minimum atomic E-state index is -0.246. The Hall–Kier alpha value is -2.28. The lowest BCUT2D eigenvalue weighted by Gasteiger charge is -2.26. The molecular weight excluding hydrogens is 284 g/mol. The van der Waals surface area contributed by atoms with Crippen LogP contribution in [0.2, 0.25) is 0 Å². The first-order chi connectivity index (χ1) is 10.7. The summed E-state index contributed by atoms with van der Waals surface area (Å²) < 4.78 is 10.7. The summed E-state index contributed by atoms with van der Waals surface area (Å²) in [4.78, 5) is 17.8. The Morgan fingerprint density at radius 2 is 2.27 bits per heavy atom. The molecule has 1 aliphatic heterocycles. The van der Waals surface area contributed by atoms with Crippen molar-refractivity contribution in [2.75, 3.05) is 44.6 Å². The topological polar surface area (TPSA) is 79.6 Å². The lowest BCUT2D eigenvalue weighted by atomic mass is 10.3. The Bertz CT molecular complexity index is 649. The van der Waals surface area contributed by atoms with Crippen molar-refractivity contribution in [2.45, 2.75) is 6.92 Å². The molecule has 1 aromatic heterocycles. The van der Waals surface area contributed by atoms with Crippen molar-refractivity contribution >= 4 is 22.9 Å². The molecule has 1 amide bonds. The molecule has 0 atom stereocenters. The summed E-state index contributed by atoms with van der Waals surface area (Å²) >= 11 is 0. The van der Waals surface area contributed by atoms with Crippen molar-refractivity contribution in [2.24, 2.45) is 0 Å². The molecule has 7 heteroatoms. The van der Waals surface area contributed by atoms with E-state index in [0.717, 1.165) is 29.9 Å². The van der Waals surface area contributed by atoms with Crippen molar-refractivity contribution < 1.29 is 13.9 Å². The van der Waals surface area contributed by atoms with Gasteiger partial charge in [-0.15, -0.1) is 0 Å². The van der Waals surface area contributed by atoms with Crippen molar-refractivity contribution in [3.05, 3.63) is 24.1 Å². The number of rotatable bonds is 4. The smallest absolute Gasteiger partial charge is 0.409 e. The zero-order valence-electron chi connectivity index (χ0n) is 12.6. The number of nitrogens with zero attached hydrogens (tertiary/aromatic N) is 2. The molecule has 1 saturated heterocycles. The van der Waals surface area contributed by atoms with Gasteiger partial charge in [-0.3, -0.25) is 0 Å². The molecule has 3 rings (SSSR count). The van der Waals surface area contributed by atoms with E-state index in [0.29, 0.717) is 32.1 Å². The Morgan fingerprint density at radius 1 is 1.45 bits per heavy atom. The van der Waals surface area contributed by atoms with Gasteiger partial charge in [0, 0.05) is 51.4 Å². The number of nitrogens with one attached hydrogen (secondary N) is 2. The van der Waals surface area contributed by atoms with Gasteiger partial charge in [-0.2, -0.15) is 0 Å². The number of oxazole rings is 1. The molecule has 0 bridgehead atoms. The van der Waals surface area contributed by atoms with Crippen molar-refractivity contribution in [1.82, 2.24) is 15.2 Å². The Kier molecular flexibility index (Phi) is 4.43. The molecule has 0 unspecified atom stereocenters. The van der Waals surface area contributed by atoms with E-state index in [-0.39, 0.29) is 6.09 Å². The van der Waals surface area contributed by atoms with E-state index in [1.807, 2.05) is 25.1 Å². The highest BCUT2D eigenvalue weighted by atomic mass is 16.6. The summed E-state index contributed by atoms with van der Waals surface area (Å²) in [5.74, 6) is 0.650. The second kappa shape index (κ2) is 6.65. The highest BCUT2D eigenvalue weighted by Crippen LogP contribution is 2.19. The summed E-state index contributed by atoms with van der Waals surface area (Å²) in [6.45, 7) is 5.75. The van der Waals surface area contributed by atoms with E-state index in [2.05, 4.69) is 15.6 Å². The number of carbonyl (C=O) groups is 1. The molecule has 0 saturated carbocycles. The van der Waals surface area contributed by atoms with Gasteiger partial charge in [-0.05, 0) is 12.1 Å². The number of ether oxygens (including phenoxy) is 1. The van der Waals surface area contributed by atoms with Crippen molar-refractivity contribution in [3.63, 3.8) is 0 Å². The van der Waals surface area contributed by atoms with Crippen LogP contribution < -0.4 is 10.6 Å². The van der Waals surface area contributed by atoms with Crippen LogP contribution in [0, 0.1) is 6.92 Å². The van der Waals surface area contributed by atoms with Gasteiger partial charge in [0.1, 0.15) is 12.1 Å². The molecule has 1 aromatic carbocycles. The molecule has 22 heavy (non-hydrogen) atoms. The van der Waals surface area contributed by atoms with Gasteiger partial charge in [0.15, 0.2) is 11.5 Å². The van der Waals surface area contributed by atoms with Crippen LogP contribution in [0.4, 0.5) is 10.5 Å². The average Bonchev–Trinajstić information content (AvgIpc) is 2.91. The first kappa shape index (κ1) is 14.6. The number of anilines is 1. The van der Waals surface area contributed by atoms with Crippen molar-refractivity contribution in [3.8, 4) is 0 Å². The molecule has 7 nitrogen and oxygen atoms in total. The number of amides is 1. The van der Waals surface area contributed by atoms with E-state index in [1.54, 1.807) is 4.90 Å². The van der Waals surface area contributed by atoms with Crippen LogP contribution in [0.15, 0.2) is 22.6 Å². The molecule has 2 N–H and O–H groups in total. The molecule has 2 aromatic rings. The first-order valence-electron chi connectivity index (χ1n) is 7.46. The molecule has 1 fully saturated rings. The maximum atomic E-state index is 11.8. The summed E-state index contributed by atoms with van der Waals surface area (Å²) in [6.07, 6.45) is -0.246. The van der Waals surface area contributed by atoms with E-state index >= 15 is 0 Å². The van der Waals surface area contributed by atoms with Crippen molar-refractivity contribution in [1.29, 1.82) is 0 Å². The molecule has 0 radical (unpaired) electrons. The Morgan fingerprint density at radius 3 is 3.09 bits per heavy atom. The van der Waals surface area contributed by atoms with Crippen LogP contribution in [-0.2, 0) is 4.74 Å². The summed E-state index contributed by atoms with van der Waals surface area (Å²) in [5.41, 5.74) is 2.51. The number of piperazine rings is 1. The quantitative estimate of drug-likeness (QED) is 0.835. The van der Waals surface area contributed by atoms with Gasteiger partial charge in [-0.1, -0.05) is 0 Å². The lowest BCUT2D eigenvalue weighted by molar-refractivity contribution is 0.101. The average molecular weight is 304 g/mol. The summed E-state index contributed by atoms with van der Waals surface area (Å²) in [6, 6.07) is 5.73. The summed E-state index contributed by atoms with van der Waals surface area (Å²) in [7, 11) is 0. The molecule has 2 heterocycles. The predicted octanol–water partition coefficient (Wildman–Crippen LogP) is 1.59. The number of hydrogen-bond acceptors (Lipinski definition) is 6. The SMILES string of the molecule is Cc1nc2ccc(NCCOC(=O)N3CCNCC3)cc2o1. The molecule has 118 valence electrons. The maximum Gasteiger partial charge on any atom is 0.409 e. The predicted molar refractivity (Wildman–Crippen MR) is 83.0 cm³/mol. The fraction of sp³-hybridized carbons (Fsp3) is 0.467. The normalized spacial score (nSPS) is 15.0. The number of hydrogen-bond donors (Lipinski definition) is 2. The zero-order valence-corrected chi connectivity index (χ0v) is 12.6. The van der Waals surface area contributed by atoms with Crippen LogP contribution in [-0.4, -0.2) is 55.3 Å². The highest BCUT2D eigenvalue weighted by molar-refractivity contribution is 5.77. The zero-order chi connectivity index (χ0) is 15.4. The first-order valence-corrected chi connectivity index (χ1v) is 7.46. The maximum absolute atomic E-state index is 11.8. The van der Waals surface area contributed by atoms with Gasteiger partial charge in [0.25, 0.3) is 0 Å². The van der Waals surface area contributed by atoms with Gasteiger partial charge < -0.3 is 24.7 Å². The number of fused-ring (bicyclic) bond motifs is 1. The number of aromatic nitrogens is 1. The third kappa shape index (κ3) is 3.48. The van der Waals surface area contributed by atoms with E-state index in [9.17, 15) is 4.79 Å². The highest BCUT2D eigenvalue weighted by Gasteiger charge is 2.16. The second-order valence-corrected chi connectivity index (χ2v) is 5.19. The molecule has 0 spiro atoms. The monoisotopic (exact) mass is 304 g/mol. The second-order valence-electron chi connectivity index (χ2n) is 5.19. The standard InChI is InChI=1S/C15H20N4O3/c1-11-18-13-3-2-12(10-14(13)22-11)17-6-9-21-15(20)19-7-4-16-5-8-19/h2-3,10,16-17H,4-9H2,1H3. The number of benzene rings is 1. The van der Waals surface area contributed by atoms with Crippen LogP contribution in [0.25, 0.3) is 11.1 Å². The Balaban J connectivity index is 1.44. The van der Waals surface area contributed by atoms with E-state index < -0.39 is 0 Å². The van der Waals surface area contributed by atoms with Crippen LogP contribution in [0.5, 0.6) is 0 Å². The fourth-order valence-corrected chi connectivity index (χ4v) is 2.42. The number of aryl methyl sites for hydroxylation is 1. The largest absolute Gasteiger partial charge is 0.448 e. The van der Waals surface area contributed by atoms with Gasteiger partial charge in [0.2, 0.25) is 0 Å². The van der Waals surface area contributed by atoms with Gasteiger partial charge in [-0.25, -0.2) is 9.78 Å². The fourth-order valence-electron chi connectivity index (χ4n) is 2.42. The molecule has 1 aliphatic rings. The minimum Gasteiger partial charge on any atom is -0.448 e. The third-order valence-electron chi connectivity index (χ3n) is 3.53. The lowest BCUT2D eigenvalue weighted by Crippen LogP contribution is -2.46.